The number of anilines is 1. The Morgan fingerprint density at radius 3 is 1.67 bits per heavy atom. The molecule has 2 heterocycles. The van der Waals surface area contributed by atoms with Crippen LogP contribution in [-0.4, -0.2) is 50.0 Å². The Morgan fingerprint density at radius 2 is 1.15 bits per heavy atom. The van der Waals surface area contributed by atoms with Gasteiger partial charge in [0.1, 0.15) is 11.8 Å². The highest BCUT2D eigenvalue weighted by Crippen LogP contribution is 2.50. The third kappa shape index (κ3) is 4.08. The Morgan fingerprint density at radius 1 is 0.615 bits per heavy atom. The molecule has 0 N–H and O–H groups in total. The molecule has 1 saturated heterocycles. The van der Waals surface area contributed by atoms with Crippen molar-refractivity contribution in [3.63, 3.8) is 0 Å². The molecule has 39 heavy (non-hydrogen) atoms. The van der Waals surface area contributed by atoms with E-state index in [1.807, 2.05) is 0 Å². The molecule has 0 unspecified atom stereocenters. The summed E-state index contributed by atoms with van der Waals surface area (Å²) < 4.78 is 16.0. The van der Waals surface area contributed by atoms with Crippen LogP contribution < -0.4 is 19.1 Å². The molecule has 0 radical (unpaired) electrons. The molecule has 0 bridgehead atoms. The second kappa shape index (κ2) is 10.3. The molecule has 2 aliphatic heterocycles. The molecule has 2 aliphatic rings. The molecule has 0 aliphatic carbocycles. The SMILES string of the molecule is COc1ccc(N2C(=O)[C@@H](N3C(=O)c4c(Cl)c(Cl)c(Cl)c(Cl)c4C3=O)[C@@H]2c2ccc(OC)c(OC)c2)cc1Cl. The molecule has 8 nitrogen and oxygen atoms in total. The van der Waals surface area contributed by atoms with E-state index in [1.54, 1.807) is 36.4 Å². The number of nitrogens with zero attached hydrogens (tertiary/aromatic N) is 2. The van der Waals surface area contributed by atoms with E-state index in [-0.39, 0.29) is 36.2 Å². The van der Waals surface area contributed by atoms with Crippen molar-refractivity contribution < 1.29 is 28.6 Å². The van der Waals surface area contributed by atoms with Crippen LogP contribution in [0.15, 0.2) is 36.4 Å². The summed E-state index contributed by atoms with van der Waals surface area (Å²) in [6.45, 7) is 0. The Balaban J connectivity index is 1.65. The number of rotatable bonds is 6. The summed E-state index contributed by atoms with van der Waals surface area (Å²) in [5, 5.41) is -0.530. The third-order valence-corrected chi connectivity index (χ3v) is 8.74. The summed E-state index contributed by atoms with van der Waals surface area (Å²) in [5.74, 6) is -0.951. The first kappa shape index (κ1) is 27.7. The first-order valence-corrected chi connectivity index (χ1v) is 13.1. The number of benzene rings is 3. The summed E-state index contributed by atoms with van der Waals surface area (Å²) in [6, 6.07) is 7.72. The number of carbonyl (C=O) groups is 3. The van der Waals surface area contributed by atoms with Crippen molar-refractivity contribution in [2.24, 2.45) is 0 Å². The second-order valence-corrected chi connectivity index (χ2v) is 10.4. The van der Waals surface area contributed by atoms with E-state index >= 15 is 0 Å². The van der Waals surface area contributed by atoms with Gasteiger partial charge in [0.05, 0.1) is 63.6 Å². The van der Waals surface area contributed by atoms with Crippen molar-refractivity contribution in [3.05, 3.63) is 78.2 Å². The minimum Gasteiger partial charge on any atom is -0.495 e. The zero-order valence-corrected chi connectivity index (χ0v) is 24.1. The highest BCUT2D eigenvalue weighted by atomic mass is 35.5. The number of carbonyl (C=O) groups excluding carboxylic acids is 3. The van der Waals surface area contributed by atoms with Gasteiger partial charge in [-0.25, -0.2) is 0 Å². The van der Waals surface area contributed by atoms with E-state index < -0.39 is 29.8 Å². The van der Waals surface area contributed by atoms with Gasteiger partial charge < -0.3 is 19.1 Å². The summed E-state index contributed by atoms with van der Waals surface area (Å²) in [5.41, 5.74) is 0.534. The minimum absolute atomic E-state index is 0.170. The molecule has 2 atom stereocenters. The number of amides is 3. The number of β-lactam (4-membered cyclic amide) rings is 1. The highest BCUT2D eigenvalue weighted by Gasteiger charge is 2.58. The first-order chi connectivity index (χ1) is 18.6. The van der Waals surface area contributed by atoms with E-state index in [1.165, 1.54) is 26.2 Å². The van der Waals surface area contributed by atoms with Crippen molar-refractivity contribution in [3.8, 4) is 17.2 Å². The van der Waals surface area contributed by atoms with Crippen molar-refractivity contribution in [2.75, 3.05) is 26.2 Å². The molecule has 0 aromatic heterocycles. The highest BCUT2D eigenvalue weighted by molar-refractivity contribution is 6.55. The average Bonchev–Trinajstić information content (AvgIpc) is 3.18. The molecule has 3 amide bonds. The topological polar surface area (TPSA) is 85.4 Å². The Bertz CT molecular complexity index is 1530. The Hall–Kier alpha value is -2.88. The fraction of sp³-hybridized carbons (Fsp3) is 0.192. The monoisotopic (exact) mass is 628 g/mol. The number of ether oxygens (including phenoxy) is 3. The second-order valence-electron chi connectivity index (χ2n) is 8.52. The largest absolute Gasteiger partial charge is 0.495 e. The maximum absolute atomic E-state index is 13.8. The van der Waals surface area contributed by atoms with Gasteiger partial charge in [-0.2, -0.15) is 0 Å². The minimum atomic E-state index is -1.26. The van der Waals surface area contributed by atoms with Gasteiger partial charge in [0, 0.05) is 5.69 Å². The zero-order chi connectivity index (χ0) is 28.3. The lowest BCUT2D eigenvalue weighted by molar-refractivity contribution is -0.130. The zero-order valence-electron chi connectivity index (χ0n) is 20.4. The maximum Gasteiger partial charge on any atom is 0.264 e. The van der Waals surface area contributed by atoms with Gasteiger partial charge in [-0.3, -0.25) is 19.3 Å². The normalized spacial score (nSPS) is 18.3. The van der Waals surface area contributed by atoms with Crippen LogP contribution in [0, 0.1) is 0 Å². The Labute approximate surface area is 247 Å². The third-order valence-electron chi connectivity index (χ3n) is 6.64. The molecule has 1 fully saturated rings. The standard InChI is InChI=1S/C26H17Cl5N2O6/c1-37-13-7-5-11(9-12(13)27)32-22(10-4-6-14(38-2)15(8-10)39-3)23(26(32)36)33-24(34)16-17(25(33)35)19(29)21(31)20(30)18(16)28/h4-9,22-23H,1-3H3/t22-,23-/m0/s1. The van der Waals surface area contributed by atoms with Crippen LogP contribution in [0.3, 0.4) is 0 Å². The number of hydrogen-bond donors (Lipinski definition) is 0. The number of hydrogen-bond acceptors (Lipinski definition) is 6. The number of methoxy groups -OCH3 is 3. The number of fused-ring (bicyclic) bond motifs is 1. The van der Waals surface area contributed by atoms with Gasteiger partial charge >= 0.3 is 0 Å². The van der Waals surface area contributed by atoms with Crippen LogP contribution >= 0.6 is 58.0 Å². The van der Waals surface area contributed by atoms with Crippen LogP contribution in [0.25, 0.3) is 0 Å². The molecule has 13 heteroatoms. The number of imide groups is 1. The summed E-state index contributed by atoms with van der Waals surface area (Å²) in [6.07, 6.45) is 0. The fourth-order valence-corrected chi connectivity index (χ4v) is 6.07. The van der Waals surface area contributed by atoms with E-state index in [2.05, 4.69) is 0 Å². The van der Waals surface area contributed by atoms with Crippen LogP contribution in [-0.2, 0) is 4.79 Å². The van der Waals surface area contributed by atoms with E-state index in [0.29, 0.717) is 28.5 Å². The molecule has 0 saturated carbocycles. The van der Waals surface area contributed by atoms with E-state index in [9.17, 15) is 14.4 Å². The first-order valence-electron chi connectivity index (χ1n) is 11.2. The number of halogens is 5. The maximum atomic E-state index is 13.8. The van der Waals surface area contributed by atoms with Gasteiger partial charge in [0.25, 0.3) is 17.7 Å². The molecule has 202 valence electrons. The van der Waals surface area contributed by atoms with Gasteiger partial charge in [-0.05, 0) is 35.9 Å². The smallest absolute Gasteiger partial charge is 0.264 e. The summed E-state index contributed by atoms with van der Waals surface area (Å²) >= 11 is 31.3. The molecular formula is C26H17Cl5N2O6. The lowest BCUT2D eigenvalue weighted by Gasteiger charge is -2.49. The van der Waals surface area contributed by atoms with Gasteiger partial charge in [0.2, 0.25) is 0 Å². The van der Waals surface area contributed by atoms with Crippen molar-refractivity contribution >= 4 is 81.4 Å². The molecule has 5 rings (SSSR count). The van der Waals surface area contributed by atoms with Gasteiger partial charge in [0.15, 0.2) is 11.5 Å². The lowest BCUT2D eigenvalue weighted by Crippen LogP contribution is -2.67. The Kier molecular flexibility index (Phi) is 7.28. The fourth-order valence-electron chi connectivity index (χ4n) is 4.81. The molecule has 0 spiro atoms. The van der Waals surface area contributed by atoms with Crippen molar-refractivity contribution in [1.29, 1.82) is 0 Å². The average molecular weight is 631 g/mol. The molecule has 3 aromatic rings. The molecule has 3 aromatic carbocycles. The predicted molar refractivity (Wildman–Crippen MR) is 149 cm³/mol. The van der Waals surface area contributed by atoms with Gasteiger partial charge in [-0.1, -0.05) is 64.1 Å². The lowest BCUT2D eigenvalue weighted by atomic mass is 9.86. The van der Waals surface area contributed by atoms with Crippen LogP contribution in [0.2, 0.25) is 25.1 Å². The van der Waals surface area contributed by atoms with Crippen molar-refractivity contribution in [2.45, 2.75) is 12.1 Å². The van der Waals surface area contributed by atoms with E-state index in [0.717, 1.165) is 4.90 Å². The van der Waals surface area contributed by atoms with Crippen LogP contribution in [0.4, 0.5) is 5.69 Å². The summed E-state index contributed by atoms with van der Waals surface area (Å²) in [4.78, 5) is 43.2. The van der Waals surface area contributed by atoms with Crippen molar-refractivity contribution in [1.82, 2.24) is 4.90 Å². The van der Waals surface area contributed by atoms with Gasteiger partial charge in [-0.15, -0.1) is 0 Å². The van der Waals surface area contributed by atoms with Crippen LogP contribution in [0.1, 0.15) is 32.3 Å². The predicted octanol–water partition coefficient (Wildman–Crippen LogP) is 6.73. The van der Waals surface area contributed by atoms with E-state index in [4.69, 9.17) is 72.2 Å². The summed E-state index contributed by atoms with van der Waals surface area (Å²) in [7, 11) is 4.42. The quantitative estimate of drug-likeness (QED) is 0.130. The van der Waals surface area contributed by atoms with Crippen LogP contribution in [0.5, 0.6) is 17.2 Å². The molecular weight excluding hydrogens is 614 g/mol.